The largest absolute Gasteiger partial charge is 0.352 e. The van der Waals surface area contributed by atoms with Gasteiger partial charge in [-0.25, -0.2) is 12.8 Å². The van der Waals surface area contributed by atoms with Gasteiger partial charge in [0.25, 0.3) is 15.9 Å². The van der Waals surface area contributed by atoms with Gasteiger partial charge in [-0.05, 0) is 87.5 Å². The van der Waals surface area contributed by atoms with E-state index in [-0.39, 0.29) is 16.5 Å². The molecule has 2 aromatic rings. The highest BCUT2D eigenvalue weighted by Gasteiger charge is 2.17. The summed E-state index contributed by atoms with van der Waals surface area (Å²) in [4.78, 5) is 14.8. The third-order valence-electron chi connectivity index (χ3n) is 5.76. The lowest BCUT2D eigenvalue weighted by molar-refractivity contribution is 0.0952. The molecule has 2 aromatic carbocycles. The molecule has 1 unspecified atom stereocenters. The number of rotatable bonds is 9. The minimum Gasteiger partial charge on any atom is -0.352 e. The summed E-state index contributed by atoms with van der Waals surface area (Å²) in [5.74, 6) is -0.0759. The van der Waals surface area contributed by atoms with Crippen molar-refractivity contribution in [2.75, 3.05) is 30.9 Å². The first kappa shape index (κ1) is 24.2. The second kappa shape index (κ2) is 10.9. The molecule has 1 saturated heterocycles. The van der Waals surface area contributed by atoms with E-state index in [9.17, 15) is 17.6 Å². The van der Waals surface area contributed by atoms with Crippen molar-refractivity contribution in [2.24, 2.45) is 5.92 Å². The Morgan fingerprint density at radius 2 is 2.00 bits per heavy atom. The van der Waals surface area contributed by atoms with Gasteiger partial charge in [-0.2, -0.15) is 0 Å². The minimum absolute atomic E-state index is 0.168. The number of likely N-dealkylation sites (tertiary alicyclic amines) is 1. The Kier molecular flexibility index (Phi) is 8.26. The standard InChI is InChI=1S/C24H32FN3O3S/c1-18-7-6-14-28(17-18)13-4-3-12-26-24(29)20-8-5-9-21(15-20)27-32(30,31)22-11-10-19(2)23(25)16-22/h5,8-11,15-16,18,27H,3-4,6-7,12-14,17H2,1-2H3,(H,26,29). The minimum atomic E-state index is -3.96. The quantitative estimate of drug-likeness (QED) is 0.549. The molecular weight excluding hydrogens is 429 g/mol. The molecule has 6 nitrogen and oxygen atoms in total. The van der Waals surface area contributed by atoms with Crippen molar-refractivity contribution in [1.82, 2.24) is 10.2 Å². The summed E-state index contributed by atoms with van der Waals surface area (Å²) < 4.78 is 41.3. The zero-order chi connectivity index (χ0) is 23.1. The molecule has 1 heterocycles. The van der Waals surface area contributed by atoms with Crippen LogP contribution in [0.4, 0.5) is 10.1 Å². The molecular formula is C24H32FN3O3S. The molecule has 174 valence electrons. The van der Waals surface area contributed by atoms with Crippen molar-refractivity contribution in [1.29, 1.82) is 0 Å². The van der Waals surface area contributed by atoms with Crippen LogP contribution < -0.4 is 10.0 Å². The van der Waals surface area contributed by atoms with Crippen LogP contribution in [0.1, 0.15) is 48.5 Å². The summed E-state index contributed by atoms with van der Waals surface area (Å²) in [6.07, 6.45) is 4.49. The number of aryl methyl sites for hydroxylation is 1. The smallest absolute Gasteiger partial charge is 0.261 e. The first-order chi connectivity index (χ1) is 15.2. The summed E-state index contributed by atoms with van der Waals surface area (Å²) in [6, 6.07) is 10.0. The first-order valence-corrected chi connectivity index (χ1v) is 12.6. The monoisotopic (exact) mass is 461 g/mol. The predicted molar refractivity (Wildman–Crippen MR) is 125 cm³/mol. The van der Waals surface area contributed by atoms with Gasteiger partial charge in [0.1, 0.15) is 5.82 Å². The average Bonchev–Trinajstić information content (AvgIpc) is 2.75. The number of hydrogen-bond donors (Lipinski definition) is 2. The molecule has 1 aliphatic heterocycles. The average molecular weight is 462 g/mol. The fourth-order valence-corrected chi connectivity index (χ4v) is 4.99. The van der Waals surface area contributed by atoms with Crippen LogP contribution in [-0.4, -0.2) is 45.4 Å². The van der Waals surface area contributed by atoms with Crippen LogP contribution in [0.15, 0.2) is 47.4 Å². The highest BCUT2D eigenvalue weighted by Crippen LogP contribution is 2.20. The molecule has 1 amide bonds. The number of benzene rings is 2. The first-order valence-electron chi connectivity index (χ1n) is 11.1. The molecule has 0 saturated carbocycles. The van der Waals surface area contributed by atoms with Crippen LogP contribution in [0.3, 0.4) is 0 Å². The van der Waals surface area contributed by atoms with Crippen LogP contribution in [0.2, 0.25) is 0 Å². The number of carbonyl (C=O) groups excluding carboxylic acids is 1. The van der Waals surface area contributed by atoms with E-state index in [1.54, 1.807) is 25.1 Å². The topological polar surface area (TPSA) is 78.5 Å². The lowest BCUT2D eigenvalue weighted by Crippen LogP contribution is -2.35. The number of anilines is 1. The Morgan fingerprint density at radius 3 is 2.75 bits per heavy atom. The van der Waals surface area contributed by atoms with E-state index in [0.29, 0.717) is 17.7 Å². The SMILES string of the molecule is Cc1ccc(S(=O)(=O)Nc2cccc(C(=O)NCCCCN3CCCC(C)C3)c2)cc1F. The van der Waals surface area contributed by atoms with Crippen molar-refractivity contribution < 1.29 is 17.6 Å². The third-order valence-corrected chi connectivity index (χ3v) is 7.14. The Bertz CT molecular complexity index is 1040. The molecule has 0 spiro atoms. The van der Waals surface area contributed by atoms with E-state index in [0.717, 1.165) is 44.5 Å². The van der Waals surface area contributed by atoms with Gasteiger partial charge in [0.2, 0.25) is 0 Å². The van der Waals surface area contributed by atoms with E-state index in [1.165, 1.54) is 31.0 Å². The fourth-order valence-electron chi connectivity index (χ4n) is 3.93. The zero-order valence-corrected chi connectivity index (χ0v) is 19.6. The van der Waals surface area contributed by atoms with Gasteiger partial charge < -0.3 is 10.2 Å². The molecule has 0 aliphatic carbocycles. The van der Waals surface area contributed by atoms with E-state index < -0.39 is 15.8 Å². The summed E-state index contributed by atoms with van der Waals surface area (Å²) in [7, 11) is -3.96. The molecule has 8 heteroatoms. The van der Waals surface area contributed by atoms with Crippen molar-refractivity contribution in [3.63, 3.8) is 0 Å². The summed E-state index contributed by atoms with van der Waals surface area (Å²) >= 11 is 0. The summed E-state index contributed by atoms with van der Waals surface area (Å²) in [6.45, 7) is 7.80. The lowest BCUT2D eigenvalue weighted by Gasteiger charge is -2.30. The Labute approximate surface area is 190 Å². The summed E-state index contributed by atoms with van der Waals surface area (Å²) in [5, 5.41) is 2.90. The van der Waals surface area contributed by atoms with Gasteiger partial charge in [-0.15, -0.1) is 0 Å². The number of nitrogens with zero attached hydrogens (tertiary/aromatic N) is 1. The number of nitrogens with one attached hydrogen (secondary N) is 2. The number of carbonyl (C=O) groups is 1. The van der Waals surface area contributed by atoms with E-state index in [1.807, 2.05) is 0 Å². The third kappa shape index (κ3) is 6.77. The van der Waals surface area contributed by atoms with E-state index in [2.05, 4.69) is 21.9 Å². The van der Waals surface area contributed by atoms with Gasteiger partial charge in [-0.3, -0.25) is 9.52 Å². The molecule has 0 radical (unpaired) electrons. The van der Waals surface area contributed by atoms with Crippen LogP contribution in [-0.2, 0) is 10.0 Å². The molecule has 1 atom stereocenters. The Hall–Kier alpha value is -2.45. The van der Waals surface area contributed by atoms with Crippen LogP contribution in [0.5, 0.6) is 0 Å². The van der Waals surface area contributed by atoms with Crippen molar-refractivity contribution >= 4 is 21.6 Å². The van der Waals surface area contributed by atoms with Crippen molar-refractivity contribution in [3.8, 4) is 0 Å². The maximum Gasteiger partial charge on any atom is 0.261 e. The molecule has 2 N–H and O–H groups in total. The molecule has 1 aliphatic rings. The summed E-state index contributed by atoms with van der Waals surface area (Å²) in [5.41, 5.74) is 0.982. The maximum atomic E-state index is 13.8. The van der Waals surface area contributed by atoms with Gasteiger partial charge in [0, 0.05) is 24.3 Å². The highest BCUT2D eigenvalue weighted by molar-refractivity contribution is 7.92. The second-order valence-corrected chi connectivity index (χ2v) is 10.3. The molecule has 32 heavy (non-hydrogen) atoms. The second-order valence-electron chi connectivity index (χ2n) is 8.61. The van der Waals surface area contributed by atoms with Crippen molar-refractivity contribution in [2.45, 2.75) is 44.4 Å². The highest BCUT2D eigenvalue weighted by atomic mass is 32.2. The zero-order valence-electron chi connectivity index (χ0n) is 18.7. The van der Waals surface area contributed by atoms with Gasteiger partial charge in [0.15, 0.2) is 0 Å². The normalized spacial score (nSPS) is 17.2. The number of halogens is 1. The van der Waals surface area contributed by atoms with E-state index in [4.69, 9.17) is 0 Å². The molecule has 3 rings (SSSR count). The van der Waals surface area contributed by atoms with E-state index >= 15 is 0 Å². The fraction of sp³-hybridized carbons (Fsp3) is 0.458. The van der Waals surface area contributed by atoms with Crippen LogP contribution in [0.25, 0.3) is 0 Å². The number of hydrogen-bond acceptors (Lipinski definition) is 4. The molecule has 0 aromatic heterocycles. The van der Waals surface area contributed by atoms with Gasteiger partial charge in [-0.1, -0.05) is 19.1 Å². The van der Waals surface area contributed by atoms with Crippen LogP contribution >= 0.6 is 0 Å². The Morgan fingerprint density at radius 1 is 1.19 bits per heavy atom. The number of sulfonamides is 1. The number of piperidine rings is 1. The van der Waals surface area contributed by atoms with Gasteiger partial charge >= 0.3 is 0 Å². The van der Waals surface area contributed by atoms with Crippen LogP contribution in [0, 0.1) is 18.7 Å². The predicted octanol–water partition coefficient (Wildman–Crippen LogP) is 4.18. The van der Waals surface area contributed by atoms with Crippen molar-refractivity contribution in [3.05, 3.63) is 59.4 Å². The lowest BCUT2D eigenvalue weighted by atomic mass is 10.0. The maximum absolute atomic E-state index is 13.8. The number of unbranched alkanes of at least 4 members (excludes halogenated alkanes) is 1. The molecule has 1 fully saturated rings. The van der Waals surface area contributed by atoms with Gasteiger partial charge in [0.05, 0.1) is 4.90 Å². The molecule has 0 bridgehead atoms. The number of amides is 1. The Balaban J connectivity index is 1.50.